The first-order chi connectivity index (χ1) is 11.0. The van der Waals surface area contributed by atoms with E-state index in [4.69, 9.17) is 4.42 Å². The van der Waals surface area contributed by atoms with E-state index in [1.165, 1.54) is 6.26 Å². The van der Waals surface area contributed by atoms with Gasteiger partial charge in [-0.25, -0.2) is 0 Å². The summed E-state index contributed by atoms with van der Waals surface area (Å²) >= 11 is 0. The van der Waals surface area contributed by atoms with Gasteiger partial charge >= 0.3 is 0 Å². The molecule has 2 aromatic heterocycles. The normalized spacial score (nSPS) is 21.3. The SMILES string of the molecule is Cc1ccoc1C(=O)N1C[C@@H](CO)[C@H](c2cnn(C(C)C)c2)C1. The summed E-state index contributed by atoms with van der Waals surface area (Å²) in [5.41, 5.74) is 1.91. The van der Waals surface area contributed by atoms with Gasteiger partial charge < -0.3 is 14.4 Å². The summed E-state index contributed by atoms with van der Waals surface area (Å²) in [6, 6.07) is 2.08. The molecule has 0 radical (unpaired) electrons. The van der Waals surface area contributed by atoms with Crippen LogP contribution in [0, 0.1) is 12.8 Å². The molecule has 0 bridgehead atoms. The number of likely N-dealkylation sites (tertiary alicyclic amines) is 1. The predicted octanol–water partition coefficient (Wildman–Crippen LogP) is 2.21. The van der Waals surface area contributed by atoms with Gasteiger partial charge in [0.05, 0.1) is 12.5 Å². The van der Waals surface area contributed by atoms with E-state index in [0.717, 1.165) is 11.1 Å². The molecular weight excluding hydrogens is 294 g/mol. The highest BCUT2D eigenvalue weighted by Gasteiger charge is 2.37. The minimum absolute atomic E-state index is 0.0269. The minimum atomic E-state index is -0.107. The Labute approximate surface area is 135 Å². The predicted molar refractivity (Wildman–Crippen MR) is 85.3 cm³/mol. The van der Waals surface area contributed by atoms with Gasteiger partial charge in [0.25, 0.3) is 5.91 Å². The molecule has 1 aliphatic rings. The Balaban J connectivity index is 1.80. The lowest BCUT2D eigenvalue weighted by molar-refractivity contribution is 0.0748. The van der Waals surface area contributed by atoms with E-state index in [0.29, 0.717) is 24.9 Å². The third-order valence-electron chi connectivity index (χ3n) is 4.60. The number of aliphatic hydroxyl groups excluding tert-OH is 1. The molecule has 3 heterocycles. The maximum Gasteiger partial charge on any atom is 0.289 e. The van der Waals surface area contributed by atoms with Crippen molar-refractivity contribution in [2.24, 2.45) is 5.92 Å². The molecule has 3 rings (SSSR count). The lowest BCUT2D eigenvalue weighted by Gasteiger charge is -2.15. The molecule has 1 saturated heterocycles. The molecule has 0 unspecified atom stereocenters. The van der Waals surface area contributed by atoms with Crippen LogP contribution in [-0.2, 0) is 0 Å². The van der Waals surface area contributed by atoms with E-state index < -0.39 is 0 Å². The minimum Gasteiger partial charge on any atom is -0.459 e. The average molecular weight is 317 g/mol. The van der Waals surface area contributed by atoms with Gasteiger partial charge in [-0.3, -0.25) is 9.48 Å². The van der Waals surface area contributed by atoms with Crippen LogP contribution >= 0.6 is 0 Å². The average Bonchev–Trinajstić information content (AvgIpc) is 3.24. The number of hydrogen-bond donors (Lipinski definition) is 1. The Bertz CT molecular complexity index is 689. The van der Waals surface area contributed by atoms with Crippen molar-refractivity contribution >= 4 is 5.91 Å². The van der Waals surface area contributed by atoms with Crippen LogP contribution in [0.4, 0.5) is 0 Å². The fraction of sp³-hybridized carbons (Fsp3) is 0.529. The Hall–Kier alpha value is -2.08. The van der Waals surface area contributed by atoms with Gasteiger partial charge in [-0.2, -0.15) is 5.10 Å². The van der Waals surface area contributed by atoms with Gasteiger partial charge in [-0.05, 0) is 32.4 Å². The second-order valence-corrected chi connectivity index (χ2v) is 6.54. The van der Waals surface area contributed by atoms with Crippen LogP contribution in [0.25, 0.3) is 0 Å². The topological polar surface area (TPSA) is 71.5 Å². The number of carbonyl (C=O) groups is 1. The van der Waals surface area contributed by atoms with Crippen LogP contribution in [-0.4, -0.2) is 45.4 Å². The van der Waals surface area contributed by atoms with Crippen molar-refractivity contribution in [3.05, 3.63) is 41.6 Å². The zero-order valence-electron chi connectivity index (χ0n) is 13.8. The molecule has 23 heavy (non-hydrogen) atoms. The van der Waals surface area contributed by atoms with E-state index in [9.17, 15) is 9.90 Å². The smallest absolute Gasteiger partial charge is 0.289 e. The highest BCUT2D eigenvalue weighted by Crippen LogP contribution is 2.33. The first-order valence-electron chi connectivity index (χ1n) is 7.99. The molecule has 0 spiro atoms. The van der Waals surface area contributed by atoms with Gasteiger partial charge in [-0.15, -0.1) is 0 Å². The molecule has 1 N–H and O–H groups in total. The largest absolute Gasteiger partial charge is 0.459 e. The molecule has 1 amide bonds. The lowest BCUT2D eigenvalue weighted by atomic mass is 9.92. The molecule has 0 aromatic carbocycles. The number of aryl methyl sites for hydroxylation is 1. The van der Waals surface area contributed by atoms with Gasteiger partial charge in [0, 0.05) is 49.3 Å². The van der Waals surface area contributed by atoms with Crippen molar-refractivity contribution in [1.29, 1.82) is 0 Å². The number of nitrogens with zero attached hydrogens (tertiary/aromatic N) is 3. The maximum atomic E-state index is 12.6. The Kier molecular flexibility index (Phi) is 4.26. The summed E-state index contributed by atoms with van der Waals surface area (Å²) in [5, 5.41) is 14.1. The number of furan rings is 1. The van der Waals surface area contributed by atoms with Crippen molar-refractivity contribution < 1.29 is 14.3 Å². The molecule has 2 atom stereocenters. The zero-order valence-corrected chi connectivity index (χ0v) is 13.8. The number of aromatic nitrogens is 2. The second kappa shape index (κ2) is 6.20. The lowest BCUT2D eigenvalue weighted by Crippen LogP contribution is -2.29. The maximum absolute atomic E-state index is 12.6. The second-order valence-electron chi connectivity index (χ2n) is 6.54. The molecule has 124 valence electrons. The van der Waals surface area contributed by atoms with Crippen molar-refractivity contribution in [1.82, 2.24) is 14.7 Å². The summed E-state index contributed by atoms with van der Waals surface area (Å²) in [5.74, 6) is 0.413. The van der Waals surface area contributed by atoms with E-state index in [-0.39, 0.29) is 24.3 Å². The van der Waals surface area contributed by atoms with Crippen LogP contribution in [0.2, 0.25) is 0 Å². The molecule has 2 aromatic rings. The number of rotatable bonds is 4. The van der Waals surface area contributed by atoms with Crippen LogP contribution in [0.5, 0.6) is 0 Å². The van der Waals surface area contributed by atoms with E-state index >= 15 is 0 Å². The molecule has 1 aliphatic heterocycles. The Morgan fingerprint density at radius 1 is 1.48 bits per heavy atom. The fourth-order valence-electron chi connectivity index (χ4n) is 3.16. The summed E-state index contributed by atoms with van der Waals surface area (Å²) in [6.07, 6.45) is 5.40. The Morgan fingerprint density at radius 2 is 2.26 bits per heavy atom. The third-order valence-corrected chi connectivity index (χ3v) is 4.60. The summed E-state index contributed by atoms with van der Waals surface area (Å²) in [7, 11) is 0. The first kappa shape index (κ1) is 15.8. The van der Waals surface area contributed by atoms with Crippen LogP contribution in [0.3, 0.4) is 0 Å². The number of hydrogen-bond acceptors (Lipinski definition) is 4. The van der Waals surface area contributed by atoms with Crippen LogP contribution < -0.4 is 0 Å². The molecule has 1 fully saturated rings. The van der Waals surface area contributed by atoms with Crippen molar-refractivity contribution in [3.63, 3.8) is 0 Å². The molecule has 0 aliphatic carbocycles. The Morgan fingerprint density at radius 3 is 2.83 bits per heavy atom. The molecular formula is C17H23N3O3. The van der Waals surface area contributed by atoms with Gasteiger partial charge in [-0.1, -0.05) is 0 Å². The number of carbonyl (C=O) groups excluding carboxylic acids is 1. The quantitative estimate of drug-likeness (QED) is 0.938. The van der Waals surface area contributed by atoms with Crippen molar-refractivity contribution in [2.45, 2.75) is 32.7 Å². The van der Waals surface area contributed by atoms with E-state index in [1.54, 1.807) is 11.0 Å². The van der Waals surface area contributed by atoms with Crippen molar-refractivity contribution in [3.8, 4) is 0 Å². The summed E-state index contributed by atoms with van der Waals surface area (Å²) < 4.78 is 7.22. The van der Waals surface area contributed by atoms with Crippen molar-refractivity contribution in [2.75, 3.05) is 19.7 Å². The highest BCUT2D eigenvalue weighted by molar-refractivity contribution is 5.93. The zero-order chi connectivity index (χ0) is 16.6. The first-order valence-corrected chi connectivity index (χ1v) is 7.99. The number of aliphatic hydroxyl groups is 1. The van der Waals surface area contributed by atoms with Gasteiger partial charge in [0.2, 0.25) is 0 Å². The summed E-state index contributed by atoms with van der Waals surface area (Å²) in [6.45, 7) is 7.18. The highest BCUT2D eigenvalue weighted by atomic mass is 16.3. The number of amides is 1. The molecule has 0 saturated carbocycles. The van der Waals surface area contributed by atoms with E-state index in [1.807, 2.05) is 24.0 Å². The van der Waals surface area contributed by atoms with Gasteiger partial charge in [0.15, 0.2) is 5.76 Å². The third kappa shape index (κ3) is 2.91. The monoisotopic (exact) mass is 317 g/mol. The molecule has 6 heteroatoms. The van der Waals surface area contributed by atoms with Crippen LogP contribution in [0.15, 0.2) is 29.1 Å². The standard InChI is InChI=1S/C17H23N3O3/c1-11(2)20-8-13(6-18-20)15-9-19(7-14(15)10-21)17(22)16-12(3)4-5-23-16/h4-6,8,11,14-15,21H,7,9-10H2,1-3H3/t14-,15-/m0/s1. The summed E-state index contributed by atoms with van der Waals surface area (Å²) in [4.78, 5) is 14.4. The fourth-order valence-corrected chi connectivity index (χ4v) is 3.16. The van der Waals surface area contributed by atoms with E-state index in [2.05, 4.69) is 18.9 Å². The molecule has 6 nitrogen and oxygen atoms in total. The van der Waals surface area contributed by atoms with Gasteiger partial charge in [0.1, 0.15) is 0 Å². The van der Waals surface area contributed by atoms with Crippen LogP contribution in [0.1, 0.15) is 47.5 Å².